The van der Waals surface area contributed by atoms with Crippen molar-refractivity contribution in [3.05, 3.63) is 53.2 Å². The number of benzene rings is 1. The molecular weight excluding hydrogens is 441 g/mol. The summed E-state index contributed by atoms with van der Waals surface area (Å²) < 4.78 is 40.3. The van der Waals surface area contributed by atoms with Crippen LogP contribution >= 0.6 is 0 Å². The molecule has 0 radical (unpaired) electrons. The number of aromatic nitrogens is 1. The first kappa shape index (κ1) is 24.5. The van der Waals surface area contributed by atoms with E-state index in [-0.39, 0.29) is 11.7 Å². The zero-order valence-corrected chi connectivity index (χ0v) is 19.9. The molecule has 0 unspecified atom stereocenters. The first-order valence-electron chi connectivity index (χ1n) is 12.2. The molecule has 1 atom stereocenters. The SMILES string of the molecule is Cc1cccc(N(CCCN2CCCC2)C(=O)[C@@H]2CCCN2c2cc(C(F)(F)F)cc(C)n2)c1. The Labute approximate surface area is 199 Å². The number of carbonyl (C=O) groups excluding carboxylic acids is 1. The third kappa shape index (κ3) is 5.71. The minimum absolute atomic E-state index is 0.0682. The lowest BCUT2D eigenvalue weighted by atomic mass is 10.1. The van der Waals surface area contributed by atoms with Crippen LogP contribution in [0.5, 0.6) is 0 Å². The Hall–Kier alpha value is -2.61. The molecule has 1 amide bonds. The first-order valence-corrected chi connectivity index (χ1v) is 12.2. The van der Waals surface area contributed by atoms with E-state index in [2.05, 4.69) is 9.88 Å². The van der Waals surface area contributed by atoms with Gasteiger partial charge in [-0.15, -0.1) is 0 Å². The van der Waals surface area contributed by atoms with Crippen LogP contribution in [0.25, 0.3) is 0 Å². The average Bonchev–Trinajstić information content (AvgIpc) is 3.47. The summed E-state index contributed by atoms with van der Waals surface area (Å²) in [5, 5.41) is 0. The molecule has 0 aliphatic carbocycles. The second-order valence-corrected chi connectivity index (χ2v) is 9.44. The number of aryl methyl sites for hydroxylation is 2. The summed E-state index contributed by atoms with van der Waals surface area (Å²) in [7, 11) is 0. The van der Waals surface area contributed by atoms with Crippen LogP contribution in [-0.2, 0) is 11.0 Å². The predicted octanol–water partition coefficient (Wildman–Crippen LogP) is 5.21. The molecule has 8 heteroatoms. The molecule has 0 saturated carbocycles. The van der Waals surface area contributed by atoms with Gasteiger partial charge in [0.15, 0.2) is 0 Å². The molecule has 3 heterocycles. The first-order chi connectivity index (χ1) is 16.2. The number of nitrogens with zero attached hydrogens (tertiary/aromatic N) is 4. The van der Waals surface area contributed by atoms with Gasteiger partial charge in [-0.2, -0.15) is 13.2 Å². The molecule has 4 rings (SSSR count). The van der Waals surface area contributed by atoms with E-state index in [0.29, 0.717) is 25.2 Å². The summed E-state index contributed by atoms with van der Waals surface area (Å²) in [5.74, 6) is 0.158. The van der Waals surface area contributed by atoms with Crippen LogP contribution in [0.4, 0.5) is 24.7 Å². The Morgan fingerprint density at radius 1 is 1.09 bits per heavy atom. The number of likely N-dealkylation sites (tertiary alicyclic amines) is 1. The van der Waals surface area contributed by atoms with Crippen LogP contribution in [0.1, 0.15) is 48.9 Å². The third-order valence-electron chi connectivity index (χ3n) is 6.73. The van der Waals surface area contributed by atoms with Gasteiger partial charge in [-0.1, -0.05) is 12.1 Å². The number of hydrogen-bond acceptors (Lipinski definition) is 4. The lowest BCUT2D eigenvalue weighted by molar-refractivity contribution is -0.137. The van der Waals surface area contributed by atoms with Crippen molar-refractivity contribution in [1.29, 1.82) is 0 Å². The lowest BCUT2D eigenvalue weighted by Crippen LogP contribution is -2.47. The molecule has 34 heavy (non-hydrogen) atoms. The van der Waals surface area contributed by atoms with Gasteiger partial charge in [-0.25, -0.2) is 4.98 Å². The number of halogens is 3. The Balaban J connectivity index is 1.57. The topological polar surface area (TPSA) is 39.7 Å². The minimum Gasteiger partial charge on any atom is -0.345 e. The standard InChI is InChI=1S/C26H33F3N4O/c1-19-8-5-9-22(16-19)32(15-7-13-31-11-3-4-12-31)25(34)23-10-6-14-33(23)24-18-21(26(27,28)29)17-20(2)30-24/h5,8-9,16-18,23H,3-4,6-7,10-15H2,1-2H3/t23-/m0/s1. The normalized spacial score (nSPS) is 19.1. The van der Waals surface area contributed by atoms with E-state index in [4.69, 9.17) is 0 Å². The van der Waals surface area contributed by atoms with Gasteiger partial charge in [0.2, 0.25) is 5.91 Å². The number of rotatable bonds is 7. The smallest absolute Gasteiger partial charge is 0.345 e. The molecule has 5 nitrogen and oxygen atoms in total. The largest absolute Gasteiger partial charge is 0.416 e. The summed E-state index contributed by atoms with van der Waals surface area (Å²) >= 11 is 0. The number of carbonyl (C=O) groups is 1. The summed E-state index contributed by atoms with van der Waals surface area (Å²) in [6.45, 7) is 7.80. The highest BCUT2D eigenvalue weighted by Gasteiger charge is 2.37. The maximum Gasteiger partial charge on any atom is 0.416 e. The fourth-order valence-electron chi connectivity index (χ4n) is 5.06. The predicted molar refractivity (Wildman–Crippen MR) is 128 cm³/mol. The van der Waals surface area contributed by atoms with Crippen molar-refractivity contribution in [1.82, 2.24) is 9.88 Å². The van der Waals surface area contributed by atoms with Crippen LogP contribution in [0.2, 0.25) is 0 Å². The van der Waals surface area contributed by atoms with E-state index in [1.807, 2.05) is 36.1 Å². The number of alkyl halides is 3. The molecule has 2 fully saturated rings. The van der Waals surface area contributed by atoms with Crippen molar-refractivity contribution in [3.63, 3.8) is 0 Å². The zero-order chi connectivity index (χ0) is 24.3. The van der Waals surface area contributed by atoms with Gasteiger partial charge in [0.05, 0.1) is 5.56 Å². The van der Waals surface area contributed by atoms with Gasteiger partial charge < -0.3 is 14.7 Å². The molecule has 2 saturated heterocycles. The maximum atomic E-state index is 13.9. The van der Waals surface area contributed by atoms with Crippen LogP contribution in [0, 0.1) is 13.8 Å². The zero-order valence-electron chi connectivity index (χ0n) is 19.9. The quantitative estimate of drug-likeness (QED) is 0.553. The van der Waals surface area contributed by atoms with Crippen molar-refractivity contribution < 1.29 is 18.0 Å². The van der Waals surface area contributed by atoms with E-state index in [1.165, 1.54) is 12.8 Å². The highest BCUT2D eigenvalue weighted by atomic mass is 19.4. The van der Waals surface area contributed by atoms with Crippen LogP contribution in [-0.4, -0.2) is 54.6 Å². The molecule has 2 aliphatic heterocycles. The molecule has 1 aromatic heterocycles. The Kier molecular flexibility index (Phi) is 7.45. The Morgan fingerprint density at radius 2 is 1.85 bits per heavy atom. The van der Waals surface area contributed by atoms with Crippen molar-refractivity contribution in [3.8, 4) is 0 Å². The number of amides is 1. The van der Waals surface area contributed by atoms with E-state index in [0.717, 1.165) is 55.9 Å². The molecule has 2 aromatic rings. The molecule has 0 bridgehead atoms. The molecular formula is C26H33F3N4O. The fourth-order valence-corrected chi connectivity index (χ4v) is 5.06. The Morgan fingerprint density at radius 3 is 2.56 bits per heavy atom. The molecule has 0 spiro atoms. The van der Waals surface area contributed by atoms with E-state index < -0.39 is 17.8 Å². The molecule has 1 aromatic carbocycles. The van der Waals surface area contributed by atoms with Crippen LogP contribution in [0.3, 0.4) is 0 Å². The van der Waals surface area contributed by atoms with E-state index in [9.17, 15) is 18.0 Å². The van der Waals surface area contributed by atoms with Crippen molar-refractivity contribution in [2.24, 2.45) is 0 Å². The second-order valence-electron chi connectivity index (χ2n) is 9.44. The van der Waals surface area contributed by atoms with Crippen molar-refractivity contribution in [2.45, 2.75) is 58.2 Å². The average molecular weight is 475 g/mol. The number of pyridine rings is 1. The highest BCUT2D eigenvalue weighted by Crippen LogP contribution is 2.34. The molecule has 2 aliphatic rings. The lowest BCUT2D eigenvalue weighted by Gasteiger charge is -2.32. The monoisotopic (exact) mass is 474 g/mol. The second kappa shape index (κ2) is 10.3. The molecule has 0 N–H and O–H groups in total. The van der Waals surface area contributed by atoms with E-state index in [1.54, 1.807) is 11.8 Å². The third-order valence-corrected chi connectivity index (χ3v) is 6.73. The summed E-state index contributed by atoms with van der Waals surface area (Å²) in [4.78, 5) is 24.2. The Bertz CT molecular complexity index is 1000. The number of anilines is 2. The van der Waals surface area contributed by atoms with Gasteiger partial charge in [0.1, 0.15) is 11.9 Å². The summed E-state index contributed by atoms with van der Waals surface area (Å²) in [6, 6.07) is 9.47. The van der Waals surface area contributed by atoms with Crippen LogP contribution in [0.15, 0.2) is 36.4 Å². The minimum atomic E-state index is -4.45. The summed E-state index contributed by atoms with van der Waals surface area (Å²) in [6.07, 6.45) is 0.188. The van der Waals surface area contributed by atoms with Gasteiger partial charge in [-0.3, -0.25) is 4.79 Å². The molecule has 184 valence electrons. The maximum absolute atomic E-state index is 13.9. The number of hydrogen-bond donors (Lipinski definition) is 0. The van der Waals surface area contributed by atoms with Gasteiger partial charge in [0, 0.05) is 24.5 Å². The summed E-state index contributed by atoms with van der Waals surface area (Å²) in [5.41, 5.74) is 1.47. The van der Waals surface area contributed by atoms with Gasteiger partial charge >= 0.3 is 6.18 Å². The van der Waals surface area contributed by atoms with Crippen molar-refractivity contribution >= 4 is 17.4 Å². The van der Waals surface area contributed by atoms with Gasteiger partial charge in [0.25, 0.3) is 0 Å². The fraction of sp³-hybridized carbons (Fsp3) is 0.538. The van der Waals surface area contributed by atoms with Gasteiger partial charge in [-0.05, 0) is 95.4 Å². The highest BCUT2D eigenvalue weighted by molar-refractivity contribution is 5.99. The van der Waals surface area contributed by atoms with Crippen molar-refractivity contribution in [2.75, 3.05) is 42.5 Å². The van der Waals surface area contributed by atoms with Crippen LogP contribution < -0.4 is 9.80 Å². The van der Waals surface area contributed by atoms with E-state index >= 15 is 0 Å².